The number of aryl methyl sites for hydroxylation is 1. The molecule has 0 amide bonds. The molecule has 0 bridgehead atoms. The first kappa shape index (κ1) is 9.71. The van der Waals surface area contributed by atoms with Gasteiger partial charge in [-0.25, -0.2) is 0 Å². The van der Waals surface area contributed by atoms with E-state index in [-0.39, 0.29) is 0 Å². The second-order valence-corrected chi connectivity index (χ2v) is 3.52. The topological polar surface area (TPSA) is 24.9 Å². The van der Waals surface area contributed by atoms with Crippen LogP contribution in [-0.4, -0.2) is 12.0 Å². The monoisotopic (exact) mass is 198 g/mol. The standard InChI is InChI=1S/C13H14N2/c1-10-9-15-7-6-13(10)11-4-3-5-12(8-11)14-2/h3-9,14H,1-2H3. The summed E-state index contributed by atoms with van der Waals surface area (Å²) in [5, 5.41) is 3.14. The van der Waals surface area contributed by atoms with Crippen LogP contribution < -0.4 is 5.32 Å². The molecule has 1 aromatic heterocycles. The molecule has 0 radical (unpaired) electrons. The van der Waals surface area contributed by atoms with Gasteiger partial charge in [-0.2, -0.15) is 0 Å². The van der Waals surface area contributed by atoms with Crippen molar-refractivity contribution in [3.63, 3.8) is 0 Å². The molecular formula is C13H14N2. The molecule has 1 heterocycles. The van der Waals surface area contributed by atoms with Crippen LogP contribution in [0.4, 0.5) is 5.69 Å². The van der Waals surface area contributed by atoms with E-state index < -0.39 is 0 Å². The van der Waals surface area contributed by atoms with Gasteiger partial charge in [0.1, 0.15) is 0 Å². The zero-order chi connectivity index (χ0) is 10.7. The summed E-state index contributed by atoms with van der Waals surface area (Å²) in [7, 11) is 1.93. The van der Waals surface area contributed by atoms with Gasteiger partial charge in [0, 0.05) is 25.1 Å². The zero-order valence-electron chi connectivity index (χ0n) is 8.99. The number of nitrogens with zero attached hydrogens (tertiary/aromatic N) is 1. The number of hydrogen-bond acceptors (Lipinski definition) is 2. The van der Waals surface area contributed by atoms with Gasteiger partial charge in [0.05, 0.1) is 0 Å². The third kappa shape index (κ3) is 1.99. The molecule has 0 fully saturated rings. The largest absolute Gasteiger partial charge is 0.388 e. The molecule has 0 atom stereocenters. The summed E-state index contributed by atoms with van der Waals surface area (Å²) in [5.74, 6) is 0. The number of nitrogens with one attached hydrogen (secondary N) is 1. The Kier molecular flexibility index (Phi) is 2.68. The summed E-state index contributed by atoms with van der Waals surface area (Å²) in [6.45, 7) is 2.08. The van der Waals surface area contributed by atoms with E-state index in [0.29, 0.717) is 0 Å². The highest BCUT2D eigenvalue weighted by atomic mass is 14.8. The molecule has 0 spiro atoms. The van der Waals surface area contributed by atoms with Gasteiger partial charge in [-0.05, 0) is 41.8 Å². The number of aromatic nitrogens is 1. The molecule has 76 valence electrons. The summed E-state index contributed by atoms with van der Waals surface area (Å²) >= 11 is 0. The van der Waals surface area contributed by atoms with Crippen LogP contribution in [0, 0.1) is 6.92 Å². The van der Waals surface area contributed by atoms with Crippen LogP contribution >= 0.6 is 0 Å². The van der Waals surface area contributed by atoms with Crippen molar-refractivity contribution in [3.8, 4) is 11.1 Å². The Morgan fingerprint density at radius 3 is 2.80 bits per heavy atom. The summed E-state index contributed by atoms with van der Waals surface area (Å²) in [6, 6.07) is 10.4. The molecule has 1 aromatic carbocycles. The van der Waals surface area contributed by atoms with Crippen molar-refractivity contribution < 1.29 is 0 Å². The van der Waals surface area contributed by atoms with Gasteiger partial charge in [0.25, 0.3) is 0 Å². The molecule has 0 aliphatic carbocycles. The second kappa shape index (κ2) is 4.13. The van der Waals surface area contributed by atoms with E-state index in [1.165, 1.54) is 16.7 Å². The van der Waals surface area contributed by atoms with Gasteiger partial charge in [-0.15, -0.1) is 0 Å². The molecule has 1 N–H and O–H groups in total. The summed E-state index contributed by atoms with van der Waals surface area (Å²) in [6.07, 6.45) is 3.72. The van der Waals surface area contributed by atoms with Crippen molar-refractivity contribution >= 4 is 5.69 Å². The lowest BCUT2D eigenvalue weighted by Crippen LogP contribution is -1.89. The first-order chi connectivity index (χ1) is 7.31. The van der Waals surface area contributed by atoms with Crippen molar-refractivity contribution in [2.45, 2.75) is 6.92 Å². The lowest BCUT2D eigenvalue weighted by atomic mass is 10.0. The van der Waals surface area contributed by atoms with Crippen LogP contribution in [0.2, 0.25) is 0 Å². The predicted molar refractivity (Wildman–Crippen MR) is 64.0 cm³/mol. The minimum absolute atomic E-state index is 1.13. The second-order valence-electron chi connectivity index (χ2n) is 3.52. The van der Waals surface area contributed by atoms with Gasteiger partial charge in [-0.3, -0.25) is 4.98 Å². The molecule has 0 saturated heterocycles. The highest BCUT2D eigenvalue weighted by Gasteiger charge is 2.01. The van der Waals surface area contributed by atoms with Gasteiger partial charge in [0.2, 0.25) is 0 Å². The third-order valence-corrected chi connectivity index (χ3v) is 2.48. The van der Waals surface area contributed by atoms with E-state index in [0.717, 1.165) is 5.69 Å². The van der Waals surface area contributed by atoms with Crippen LogP contribution in [0.3, 0.4) is 0 Å². The third-order valence-electron chi connectivity index (χ3n) is 2.48. The number of anilines is 1. The summed E-state index contributed by atoms with van der Waals surface area (Å²) in [4.78, 5) is 4.10. The fraction of sp³-hybridized carbons (Fsp3) is 0.154. The average molecular weight is 198 g/mol. The van der Waals surface area contributed by atoms with Crippen LogP contribution in [0.5, 0.6) is 0 Å². The maximum absolute atomic E-state index is 4.10. The Balaban J connectivity index is 2.49. The Hall–Kier alpha value is -1.83. The number of rotatable bonds is 2. The van der Waals surface area contributed by atoms with E-state index >= 15 is 0 Å². The predicted octanol–water partition coefficient (Wildman–Crippen LogP) is 3.10. The SMILES string of the molecule is CNc1cccc(-c2ccncc2C)c1. The quantitative estimate of drug-likeness (QED) is 0.802. The maximum Gasteiger partial charge on any atom is 0.0343 e. The van der Waals surface area contributed by atoms with Crippen molar-refractivity contribution in [2.75, 3.05) is 12.4 Å². The number of pyridine rings is 1. The number of benzene rings is 1. The van der Waals surface area contributed by atoms with Gasteiger partial charge >= 0.3 is 0 Å². The van der Waals surface area contributed by atoms with Crippen molar-refractivity contribution in [1.82, 2.24) is 4.98 Å². The molecule has 0 saturated carbocycles. The molecule has 15 heavy (non-hydrogen) atoms. The van der Waals surface area contributed by atoms with E-state index in [4.69, 9.17) is 0 Å². The van der Waals surface area contributed by atoms with Gasteiger partial charge < -0.3 is 5.32 Å². The van der Waals surface area contributed by atoms with Crippen LogP contribution in [0.1, 0.15) is 5.56 Å². The summed E-state index contributed by atoms with van der Waals surface area (Å²) < 4.78 is 0. The van der Waals surface area contributed by atoms with E-state index in [1.807, 2.05) is 25.5 Å². The maximum atomic E-state index is 4.10. The van der Waals surface area contributed by atoms with Crippen molar-refractivity contribution in [1.29, 1.82) is 0 Å². The van der Waals surface area contributed by atoms with E-state index in [9.17, 15) is 0 Å². The lowest BCUT2D eigenvalue weighted by Gasteiger charge is -2.07. The molecule has 2 heteroatoms. The van der Waals surface area contributed by atoms with E-state index in [2.05, 4.69) is 41.5 Å². The molecule has 0 aliphatic heterocycles. The summed E-state index contributed by atoms with van der Waals surface area (Å²) in [5.41, 5.74) is 4.79. The first-order valence-electron chi connectivity index (χ1n) is 5.00. The fourth-order valence-electron chi connectivity index (χ4n) is 1.64. The average Bonchev–Trinajstić information content (AvgIpc) is 2.30. The molecule has 2 aromatic rings. The minimum atomic E-state index is 1.13. The smallest absolute Gasteiger partial charge is 0.0343 e. The lowest BCUT2D eigenvalue weighted by molar-refractivity contribution is 1.27. The number of hydrogen-bond donors (Lipinski definition) is 1. The van der Waals surface area contributed by atoms with Crippen molar-refractivity contribution in [3.05, 3.63) is 48.3 Å². The van der Waals surface area contributed by atoms with Crippen LogP contribution in [0.25, 0.3) is 11.1 Å². The van der Waals surface area contributed by atoms with Crippen LogP contribution in [-0.2, 0) is 0 Å². The fourth-order valence-corrected chi connectivity index (χ4v) is 1.64. The normalized spacial score (nSPS) is 10.0. The zero-order valence-corrected chi connectivity index (χ0v) is 8.99. The van der Waals surface area contributed by atoms with Crippen LogP contribution in [0.15, 0.2) is 42.7 Å². The first-order valence-corrected chi connectivity index (χ1v) is 5.00. The van der Waals surface area contributed by atoms with E-state index in [1.54, 1.807) is 0 Å². The molecule has 2 nitrogen and oxygen atoms in total. The molecular weight excluding hydrogens is 184 g/mol. The van der Waals surface area contributed by atoms with Gasteiger partial charge in [0.15, 0.2) is 0 Å². The highest BCUT2D eigenvalue weighted by Crippen LogP contribution is 2.24. The molecule has 0 unspecified atom stereocenters. The van der Waals surface area contributed by atoms with Gasteiger partial charge in [-0.1, -0.05) is 12.1 Å². The Bertz CT molecular complexity index is 464. The molecule has 0 aliphatic rings. The molecule has 2 rings (SSSR count). The van der Waals surface area contributed by atoms with Crippen molar-refractivity contribution in [2.24, 2.45) is 0 Å². The minimum Gasteiger partial charge on any atom is -0.388 e. The Labute approximate surface area is 90.0 Å². The highest BCUT2D eigenvalue weighted by molar-refractivity contribution is 5.70. The Morgan fingerprint density at radius 2 is 2.07 bits per heavy atom. The Morgan fingerprint density at radius 1 is 1.20 bits per heavy atom.